The zero-order chi connectivity index (χ0) is 18.2. The largest absolute Gasteiger partial charge is 0.464 e. The van der Waals surface area contributed by atoms with E-state index >= 15 is 0 Å². The molecule has 1 fully saturated rings. The van der Waals surface area contributed by atoms with Crippen LogP contribution in [0.3, 0.4) is 0 Å². The molecule has 1 aromatic heterocycles. The van der Waals surface area contributed by atoms with Gasteiger partial charge in [-0.2, -0.15) is 15.0 Å². The Labute approximate surface area is 166 Å². The minimum Gasteiger partial charge on any atom is -0.464 e. The Morgan fingerprint density at radius 2 is 1.85 bits per heavy atom. The van der Waals surface area contributed by atoms with Crippen molar-refractivity contribution in [3.63, 3.8) is 0 Å². The molecule has 0 bridgehead atoms. The van der Waals surface area contributed by atoms with E-state index in [9.17, 15) is 0 Å². The normalized spacial score (nSPS) is 14.8. The van der Waals surface area contributed by atoms with E-state index < -0.39 is 0 Å². The molecule has 1 aliphatic heterocycles. The van der Waals surface area contributed by atoms with Crippen LogP contribution < -0.4 is 20.3 Å². The van der Waals surface area contributed by atoms with Gasteiger partial charge in [0.2, 0.25) is 11.9 Å². The Morgan fingerprint density at radius 3 is 2.58 bits per heavy atom. The lowest BCUT2D eigenvalue weighted by atomic mass is 10.3. The highest BCUT2D eigenvalue weighted by atomic mass is 127. The Balaban J connectivity index is 1.63. The summed E-state index contributed by atoms with van der Waals surface area (Å²) in [4.78, 5) is 14.6. The average Bonchev–Trinajstić information content (AvgIpc) is 2.65. The first-order valence-corrected chi connectivity index (χ1v) is 9.87. The Kier molecular flexibility index (Phi) is 7.21. The molecule has 0 atom stereocenters. The molecule has 0 radical (unpaired) electrons. The van der Waals surface area contributed by atoms with Crippen LogP contribution in [0.5, 0.6) is 6.01 Å². The van der Waals surface area contributed by atoms with E-state index in [1.165, 1.54) is 8.47 Å². The lowest BCUT2D eigenvalue weighted by Gasteiger charge is -2.23. The van der Waals surface area contributed by atoms with E-state index in [4.69, 9.17) is 9.47 Å². The summed E-state index contributed by atoms with van der Waals surface area (Å²) in [5, 5.41) is 6.48. The van der Waals surface area contributed by atoms with Crippen LogP contribution in [0.2, 0.25) is 0 Å². The molecule has 0 spiro atoms. The van der Waals surface area contributed by atoms with E-state index in [1.807, 2.05) is 31.2 Å². The number of hydrogen-bond acceptors (Lipinski definition) is 7. The van der Waals surface area contributed by atoms with Gasteiger partial charge in [0.05, 0.1) is 32.9 Å². The predicted octanol–water partition coefficient (Wildman–Crippen LogP) is 0.946. The van der Waals surface area contributed by atoms with Crippen LogP contribution in [0.1, 0.15) is 6.92 Å². The number of halogens is 1. The van der Waals surface area contributed by atoms with Gasteiger partial charge in [-0.1, -0.05) is 0 Å². The molecule has 1 aromatic carbocycles. The monoisotopic (exact) mass is 471 g/mol. The number of quaternary nitrogens is 1. The standard InChI is InChI=1S/C17H23IN6O2/c1-2-26-17-22-15(19-7-8-24-9-11-25-12-10-24)21-16(23-17)20-14-5-3-13(18)4-6-14/h3-6H,2,7-12H2,1H3,(H2,19,20,21,22,23)/p+1. The van der Waals surface area contributed by atoms with Crippen LogP contribution >= 0.6 is 22.6 Å². The molecule has 1 aliphatic rings. The maximum absolute atomic E-state index is 5.48. The fourth-order valence-corrected chi connectivity index (χ4v) is 2.97. The maximum Gasteiger partial charge on any atom is 0.323 e. The van der Waals surface area contributed by atoms with Gasteiger partial charge >= 0.3 is 6.01 Å². The van der Waals surface area contributed by atoms with E-state index in [1.54, 1.807) is 0 Å². The second-order valence-electron chi connectivity index (χ2n) is 5.87. The van der Waals surface area contributed by atoms with E-state index in [0.717, 1.165) is 45.1 Å². The highest BCUT2D eigenvalue weighted by Crippen LogP contribution is 2.17. The minimum atomic E-state index is 0.316. The molecule has 1 saturated heterocycles. The molecule has 140 valence electrons. The highest BCUT2D eigenvalue weighted by Gasteiger charge is 2.14. The van der Waals surface area contributed by atoms with Crippen molar-refractivity contribution in [2.45, 2.75) is 6.92 Å². The smallest absolute Gasteiger partial charge is 0.323 e. The van der Waals surface area contributed by atoms with Gasteiger partial charge in [-0.25, -0.2) is 0 Å². The van der Waals surface area contributed by atoms with Crippen LogP contribution in [-0.4, -0.2) is 61.0 Å². The van der Waals surface area contributed by atoms with Gasteiger partial charge in [-0.05, 0) is 53.8 Å². The van der Waals surface area contributed by atoms with Gasteiger partial charge in [0.15, 0.2) is 0 Å². The van der Waals surface area contributed by atoms with E-state index in [2.05, 4.69) is 48.2 Å². The SMILES string of the molecule is CCOc1nc(NCC[NH+]2CCOCC2)nc(Nc2ccc(I)cc2)n1. The third-order valence-corrected chi connectivity index (χ3v) is 4.67. The van der Waals surface area contributed by atoms with Crippen LogP contribution in [-0.2, 0) is 4.74 Å². The van der Waals surface area contributed by atoms with E-state index in [0.29, 0.717) is 24.5 Å². The summed E-state index contributed by atoms with van der Waals surface area (Å²) in [7, 11) is 0. The van der Waals surface area contributed by atoms with Crippen LogP contribution in [0, 0.1) is 3.57 Å². The first-order chi connectivity index (χ1) is 12.7. The second-order valence-corrected chi connectivity index (χ2v) is 7.11. The lowest BCUT2D eigenvalue weighted by Crippen LogP contribution is -3.14. The summed E-state index contributed by atoms with van der Waals surface area (Å²) in [6.45, 7) is 7.95. The number of aromatic nitrogens is 3. The van der Waals surface area contributed by atoms with Gasteiger partial charge in [0.1, 0.15) is 13.1 Å². The van der Waals surface area contributed by atoms with Crippen LogP contribution in [0.25, 0.3) is 0 Å². The maximum atomic E-state index is 5.48. The van der Waals surface area contributed by atoms with Crippen LogP contribution in [0.4, 0.5) is 17.6 Å². The molecule has 0 amide bonds. The molecular weight excluding hydrogens is 447 g/mol. The fourth-order valence-electron chi connectivity index (χ4n) is 2.61. The van der Waals surface area contributed by atoms with Gasteiger partial charge in [0, 0.05) is 9.26 Å². The Morgan fingerprint density at radius 1 is 1.12 bits per heavy atom. The van der Waals surface area contributed by atoms with Gasteiger partial charge in [-0.15, -0.1) is 0 Å². The molecule has 8 nitrogen and oxygen atoms in total. The third kappa shape index (κ3) is 5.92. The van der Waals surface area contributed by atoms with Crippen molar-refractivity contribution >= 4 is 40.2 Å². The fraction of sp³-hybridized carbons (Fsp3) is 0.471. The van der Waals surface area contributed by atoms with Gasteiger partial charge in [-0.3, -0.25) is 0 Å². The molecule has 2 aromatic rings. The summed E-state index contributed by atoms with van der Waals surface area (Å²) in [5.74, 6) is 0.981. The first-order valence-electron chi connectivity index (χ1n) is 8.79. The molecular formula is C17H24IN6O2+. The Bertz CT molecular complexity index is 694. The summed E-state index contributed by atoms with van der Waals surface area (Å²) in [6.07, 6.45) is 0. The molecule has 26 heavy (non-hydrogen) atoms. The molecule has 0 aliphatic carbocycles. The zero-order valence-electron chi connectivity index (χ0n) is 14.8. The quantitative estimate of drug-likeness (QED) is 0.495. The second kappa shape index (κ2) is 9.83. The number of hydrogen-bond donors (Lipinski definition) is 3. The number of anilines is 3. The number of morpholine rings is 1. The first kappa shape index (κ1) is 19.1. The zero-order valence-corrected chi connectivity index (χ0v) is 17.0. The molecule has 2 heterocycles. The van der Waals surface area contributed by atoms with Gasteiger partial charge < -0.3 is 25.0 Å². The number of ether oxygens (including phenoxy) is 2. The van der Waals surface area contributed by atoms with Crippen molar-refractivity contribution in [2.24, 2.45) is 0 Å². The molecule has 0 unspecified atom stereocenters. The van der Waals surface area contributed by atoms with Crippen LogP contribution in [0.15, 0.2) is 24.3 Å². The van der Waals surface area contributed by atoms with Crippen molar-refractivity contribution in [2.75, 3.05) is 56.6 Å². The topological polar surface area (TPSA) is 85.6 Å². The third-order valence-electron chi connectivity index (χ3n) is 3.95. The average molecular weight is 471 g/mol. The van der Waals surface area contributed by atoms with Crippen molar-refractivity contribution in [1.29, 1.82) is 0 Å². The van der Waals surface area contributed by atoms with Crippen molar-refractivity contribution in [3.8, 4) is 6.01 Å². The summed E-state index contributed by atoms with van der Waals surface area (Å²) in [6, 6.07) is 8.34. The van der Waals surface area contributed by atoms with E-state index in [-0.39, 0.29) is 0 Å². The number of rotatable bonds is 8. The highest BCUT2D eigenvalue weighted by molar-refractivity contribution is 14.1. The number of nitrogens with zero attached hydrogens (tertiary/aromatic N) is 3. The lowest BCUT2D eigenvalue weighted by molar-refractivity contribution is -0.906. The summed E-state index contributed by atoms with van der Waals surface area (Å²) < 4.78 is 12.0. The summed E-state index contributed by atoms with van der Waals surface area (Å²) >= 11 is 2.27. The number of benzene rings is 1. The molecule has 3 rings (SSSR count). The Hall–Kier alpha value is -1.72. The molecule has 9 heteroatoms. The predicted molar refractivity (Wildman–Crippen MR) is 108 cm³/mol. The van der Waals surface area contributed by atoms with Crippen molar-refractivity contribution in [3.05, 3.63) is 27.8 Å². The minimum absolute atomic E-state index is 0.316. The summed E-state index contributed by atoms with van der Waals surface area (Å²) in [5.41, 5.74) is 0.919. The van der Waals surface area contributed by atoms with Crippen molar-refractivity contribution < 1.29 is 14.4 Å². The van der Waals surface area contributed by atoms with Crippen molar-refractivity contribution in [1.82, 2.24) is 15.0 Å². The van der Waals surface area contributed by atoms with Gasteiger partial charge in [0.25, 0.3) is 0 Å². The molecule has 3 N–H and O–H groups in total. The number of nitrogens with one attached hydrogen (secondary N) is 3. The molecule has 0 saturated carbocycles.